The van der Waals surface area contributed by atoms with Gasteiger partial charge in [0, 0.05) is 19.3 Å². The topological polar surface area (TPSA) is 16.1 Å². The molecule has 1 atom stereocenters. The molecule has 1 aromatic heterocycles. The van der Waals surface area contributed by atoms with Gasteiger partial charge in [0.05, 0.1) is 10.6 Å². The second-order valence-corrected chi connectivity index (χ2v) is 5.13. The molecule has 0 N–H and O–H groups in total. The average Bonchev–Trinajstić information content (AvgIpc) is 2.27. The fourth-order valence-electron chi connectivity index (χ4n) is 2.20. The maximum absolute atomic E-state index is 12.5. The second kappa shape index (κ2) is 4.96. The third kappa shape index (κ3) is 2.88. The Morgan fingerprint density at radius 3 is 2.72 bits per heavy atom. The van der Waals surface area contributed by atoms with Crippen molar-refractivity contribution in [1.29, 1.82) is 0 Å². The van der Waals surface area contributed by atoms with Crippen molar-refractivity contribution in [3.05, 3.63) is 22.8 Å². The van der Waals surface area contributed by atoms with E-state index in [0.717, 1.165) is 38.2 Å². The summed E-state index contributed by atoms with van der Waals surface area (Å²) in [6.45, 7) is 3.70. The SMILES string of the molecule is C[C@@H]1CCCN(c2ncc(C(F)(F)F)cc2Cl)C1. The van der Waals surface area contributed by atoms with Crippen molar-refractivity contribution in [2.45, 2.75) is 25.9 Å². The van der Waals surface area contributed by atoms with E-state index in [9.17, 15) is 13.2 Å². The summed E-state index contributed by atoms with van der Waals surface area (Å²) in [5.74, 6) is 0.968. The van der Waals surface area contributed by atoms with E-state index < -0.39 is 11.7 Å². The predicted molar refractivity (Wildman–Crippen MR) is 64.9 cm³/mol. The molecule has 0 amide bonds. The zero-order valence-electron chi connectivity index (χ0n) is 9.97. The smallest absolute Gasteiger partial charge is 0.355 e. The Morgan fingerprint density at radius 1 is 1.44 bits per heavy atom. The number of hydrogen-bond acceptors (Lipinski definition) is 2. The molecule has 0 saturated carbocycles. The van der Waals surface area contributed by atoms with Gasteiger partial charge in [-0.05, 0) is 24.8 Å². The summed E-state index contributed by atoms with van der Waals surface area (Å²) >= 11 is 5.91. The maximum atomic E-state index is 12.5. The van der Waals surface area contributed by atoms with E-state index in [-0.39, 0.29) is 5.02 Å². The molecule has 2 nitrogen and oxygen atoms in total. The van der Waals surface area contributed by atoms with E-state index in [4.69, 9.17) is 11.6 Å². The molecule has 1 saturated heterocycles. The molecule has 2 rings (SSSR count). The minimum atomic E-state index is -4.40. The number of aromatic nitrogens is 1. The van der Waals surface area contributed by atoms with Gasteiger partial charge >= 0.3 is 6.18 Å². The minimum Gasteiger partial charge on any atom is -0.355 e. The number of alkyl halides is 3. The molecule has 1 aromatic rings. The Hall–Kier alpha value is -0.970. The molecule has 0 radical (unpaired) electrons. The van der Waals surface area contributed by atoms with Crippen molar-refractivity contribution < 1.29 is 13.2 Å². The van der Waals surface area contributed by atoms with Gasteiger partial charge in [0.15, 0.2) is 0 Å². The Labute approximate surface area is 109 Å². The average molecular weight is 279 g/mol. The summed E-state index contributed by atoms with van der Waals surface area (Å²) in [5, 5.41) is 0.0684. The number of halogens is 4. The fourth-order valence-corrected chi connectivity index (χ4v) is 2.49. The molecule has 6 heteroatoms. The first-order chi connectivity index (χ1) is 8.38. The third-order valence-electron chi connectivity index (χ3n) is 3.11. The minimum absolute atomic E-state index is 0.0684. The Kier molecular flexibility index (Phi) is 3.71. The summed E-state index contributed by atoms with van der Waals surface area (Å²) in [5.41, 5.74) is -0.804. The zero-order chi connectivity index (χ0) is 13.3. The molecule has 2 heterocycles. The maximum Gasteiger partial charge on any atom is 0.417 e. The van der Waals surface area contributed by atoms with Crippen LogP contribution in [0.1, 0.15) is 25.3 Å². The van der Waals surface area contributed by atoms with E-state index in [1.165, 1.54) is 0 Å². The summed E-state index contributed by atoms with van der Waals surface area (Å²) in [4.78, 5) is 5.83. The van der Waals surface area contributed by atoms with Crippen LogP contribution in [0.25, 0.3) is 0 Å². The van der Waals surface area contributed by atoms with Gasteiger partial charge in [-0.15, -0.1) is 0 Å². The van der Waals surface area contributed by atoms with Crippen LogP contribution in [0, 0.1) is 5.92 Å². The molecule has 100 valence electrons. The van der Waals surface area contributed by atoms with Crippen LogP contribution in [0.3, 0.4) is 0 Å². The summed E-state index contributed by atoms with van der Waals surface area (Å²) in [6, 6.07) is 0.948. The van der Waals surface area contributed by atoms with Crippen LogP contribution in [0.15, 0.2) is 12.3 Å². The third-order valence-corrected chi connectivity index (χ3v) is 3.38. The molecular weight excluding hydrogens is 265 g/mol. The normalized spacial score (nSPS) is 21.2. The molecule has 1 aliphatic rings. The summed E-state index contributed by atoms with van der Waals surface area (Å²) in [6.07, 6.45) is -1.40. The van der Waals surface area contributed by atoms with Crippen LogP contribution in [0.2, 0.25) is 5.02 Å². The highest BCUT2D eigenvalue weighted by Crippen LogP contribution is 2.34. The number of hydrogen-bond donors (Lipinski definition) is 0. The van der Waals surface area contributed by atoms with E-state index in [2.05, 4.69) is 11.9 Å². The summed E-state index contributed by atoms with van der Waals surface area (Å²) in [7, 11) is 0. The van der Waals surface area contributed by atoms with Crippen LogP contribution in [0.4, 0.5) is 19.0 Å². The molecule has 1 fully saturated rings. The lowest BCUT2D eigenvalue weighted by Crippen LogP contribution is -2.35. The number of nitrogens with zero attached hydrogens (tertiary/aromatic N) is 2. The van der Waals surface area contributed by atoms with Crippen LogP contribution in [-0.2, 0) is 6.18 Å². The first-order valence-electron chi connectivity index (χ1n) is 5.85. The molecular formula is C12H14ClF3N2. The van der Waals surface area contributed by atoms with Gasteiger partial charge in [-0.1, -0.05) is 18.5 Å². The zero-order valence-corrected chi connectivity index (χ0v) is 10.7. The van der Waals surface area contributed by atoms with Crippen LogP contribution >= 0.6 is 11.6 Å². The highest BCUT2D eigenvalue weighted by atomic mass is 35.5. The van der Waals surface area contributed by atoms with E-state index in [1.807, 2.05) is 4.90 Å². The van der Waals surface area contributed by atoms with Crippen molar-refractivity contribution >= 4 is 17.4 Å². The molecule has 0 aromatic carbocycles. The highest BCUT2D eigenvalue weighted by Gasteiger charge is 2.32. The monoisotopic (exact) mass is 278 g/mol. The molecule has 0 spiro atoms. The van der Waals surface area contributed by atoms with Gasteiger partial charge < -0.3 is 4.90 Å². The van der Waals surface area contributed by atoms with E-state index in [1.54, 1.807) is 0 Å². The van der Waals surface area contributed by atoms with Crippen molar-refractivity contribution in [1.82, 2.24) is 4.98 Å². The second-order valence-electron chi connectivity index (χ2n) is 4.72. The van der Waals surface area contributed by atoms with Gasteiger partial charge in [-0.2, -0.15) is 13.2 Å². The Bertz CT molecular complexity index is 434. The number of anilines is 1. The molecule has 0 bridgehead atoms. The van der Waals surface area contributed by atoms with Gasteiger partial charge in [0.2, 0.25) is 0 Å². The molecule has 0 unspecified atom stereocenters. The van der Waals surface area contributed by atoms with Crippen molar-refractivity contribution in [3.63, 3.8) is 0 Å². The summed E-state index contributed by atoms with van der Waals surface area (Å²) < 4.78 is 37.5. The predicted octanol–water partition coefficient (Wildman–Crippen LogP) is 3.99. The fraction of sp³-hybridized carbons (Fsp3) is 0.583. The van der Waals surface area contributed by atoms with Gasteiger partial charge in [-0.25, -0.2) is 4.98 Å². The largest absolute Gasteiger partial charge is 0.417 e. The van der Waals surface area contributed by atoms with Crippen molar-refractivity contribution in [2.24, 2.45) is 5.92 Å². The molecule has 1 aliphatic heterocycles. The Balaban J connectivity index is 2.24. The lowest BCUT2D eigenvalue weighted by Gasteiger charge is -2.32. The first kappa shape index (κ1) is 13.5. The number of pyridine rings is 1. The molecule has 0 aliphatic carbocycles. The molecule has 18 heavy (non-hydrogen) atoms. The number of piperidine rings is 1. The Morgan fingerprint density at radius 2 is 2.17 bits per heavy atom. The van der Waals surface area contributed by atoms with E-state index in [0.29, 0.717) is 11.7 Å². The van der Waals surface area contributed by atoms with Gasteiger partial charge in [-0.3, -0.25) is 0 Å². The van der Waals surface area contributed by atoms with Gasteiger partial charge in [0.25, 0.3) is 0 Å². The van der Waals surface area contributed by atoms with E-state index >= 15 is 0 Å². The lowest BCUT2D eigenvalue weighted by atomic mass is 10.0. The lowest BCUT2D eigenvalue weighted by molar-refractivity contribution is -0.137. The van der Waals surface area contributed by atoms with Gasteiger partial charge in [0.1, 0.15) is 5.82 Å². The quantitative estimate of drug-likeness (QED) is 0.772. The van der Waals surface area contributed by atoms with Crippen LogP contribution in [-0.4, -0.2) is 18.1 Å². The van der Waals surface area contributed by atoms with Crippen molar-refractivity contribution in [3.8, 4) is 0 Å². The van der Waals surface area contributed by atoms with Crippen molar-refractivity contribution in [2.75, 3.05) is 18.0 Å². The van der Waals surface area contributed by atoms with Crippen LogP contribution in [0.5, 0.6) is 0 Å². The number of rotatable bonds is 1. The van der Waals surface area contributed by atoms with Crippen LogP contribution < -0.4 is 4.90 Å². The standard InChI is InChI=1S/C12H14ClF3N2/c1-8-3-2-4-18(7-8)11-10(13)5-9(6-17-11)12(14,15)16/h5-6,8H,2-4,7H2,1H3/t8-/m1/s1. The first-order valence-corrected chi connectivity index (χ1v) is 6.23. The highest BCUT2D eigenvalue weighted by molar-refractivity contribution is 6.33.